The lowest BCUT2D eigenvalue weighted by Gasteiger charge is -2.25. The lowest BCUT2D eigenvalue weighted by molar-refractivity contribution is 0.102. The molecule has 0 atom stereocenters. The summed E-state index contributed by atoms with van der Waals surface area (Å²) in [5.41, 5.74) is 2.27. The van der Waals surface area contributed by atoms with Crippen molar-refractivity contribution in [2.24, 2.45) is 0 Å². The van der Waals surface area contributed by atoms with E-state index in [9.17, 15) is 13.2 Å². The first-order valence-electron chi connectivity index (χ1n) is 8.55. The van der Waals surface area contributed by atoms with Gasteiger partial charge in [0.05, 0.1) is 10.5 Å². The molecule has 3 rings (SSSR count). The topological polar surface area (TPSA) is 66.5 Å². The molecule has 1 amide bonds. The van der Waals surface area contributed by atoms with Gasteiger partial charge in [0.1, 0.15) is 0 Å². The number of nitrogens with zero attached hydrogens (tertiary/aromatic N) is 1. The van der Waals surface area contributed by atoms with Crippen LogP contribution in [0.1, 0.15) is 35.2 Å². The van der Waals surface area contributed by atoms with Crippen molar-refractivity contribution in [3.05, 3.63) is 57.2 Å². The molecule has 0 aliphatic carbocycles. The molecule has 2 aromatic rings. The van der Waals surface area contributed by atoms with Crippen LogP contribution in [0.15, 0.2) is 47.4 Å². The quantitative estimate of drug-likeness (QED) is 0.667. The molecular formula is C19H21IN2O3S. The summed E-state index contributed by atoms with van der Waals surface area (Å²) in [6.45, 7) is 3.13. The second kappa shape index (κ2) is 8.06. The second-order valence-electron chi connectivity index (χ2n) is 6.43. The summed E-state index contributed by atoms with van der Waals surface area (Å²) in [4.78, 5) is 12.7. The Bertz CT molecular complexity index is 905. The average molecular weight is 484 g/mol. The van der Waals surface area contributed by atoms with Crippen molar-refractivity contribution in [2.45, 2.75) is 31.1 Å². The van der Waals surface area contributed by atoms with Gasteiger partial charge in [0.25, 0.3) is 5.91 Å². The molecule has 1 fully saturated rings. The molecule has 1 saturated heterocycles. The number of aryl methyl sites for hydroxylation is 1. The summed E-state index contributed by atoms with van der Waals surface area (Å²) in [7, 11) is -3.45. The first-order chi connectivity index (χ1) is 12.4. The summed E-state index contributed by atoms with van der Waals surface area (Å²) in [6.07, 6.45) is 2.89. The van der Waals surface area contributed by atoms with Crippen molar-refractivity contribution in [1.29, 1.82) is 0 Å². The highest BCUT2D eigenvalue weighted by Crippen LogP contribution is 2.22. The van der Waals surface area contributed by atoms with Crippen molar-refractivity contribution in [3.63, 3.8) is 0 Å². The largest absolute Gasteiger partial charge is 0.322 e. The molecule has 0 unspecified atom stereocenters. The number of benzene rings is 2. The standard InChI is InChI=1S/C19H21IN2O3S/c1-14-5-10-17(18(20)13-14)19(23)21-15-6-8-16(9-7-15)26(24,25)22-11-3-2-4-12-22/h5-10,13H,2-4,11-12H2,1H3,(H,21,23). The Balaban J connectivity index is 1.74. The van der Waals surface area contributed by atoms with E-state index in [1.165, 1.54) is 0 Å². The normalized spacial score (nSPS) is 15.6. The molecule has 7 heteroatoms. The Hall–Kier alpha value is -1.45. The molecular weight excluding hydrogens is 463 g/mol. The van der Waals surface area contributed by atoms with Crippen LogP contribution in [-0.2, 0) is 10.0 Å². The zero-order valence-electron chi connectivity index (χ0n) is 14.5. The maximum atomic E-state index is 12.7. The zero-order valence-corrected chi connectivity index (χ0v) is 17.5. The van der Waals surface area contributed by atoms with Crippen molar-refractivity contribution >= 4 is 44.2 Å². The summed E-state index contributed by atoms with van der Waals surface area (Å²) in [6, 6.07) is 12.0. The van der Waals surface area contributed by atoms with Crippen LogP contribution < -0.4 is 5.32 Å². The number of carbonyl (C=O) groups is 1. The van der Waals surface area contributed by atoms with Gasteiger partial charge in [-0.2, -0.15) is 4.31 Å². The van der Waals surface area contributed by atoms with E-state index in [0.29, 0.717) is 24.3 Å². The highest BCUT2D eigenvalue weighted by molar-refractivity contribution is 14.1. The molecule has 138 valence electrons. The number of sulfonamides is 1. The van der Waals surface area contributed by atoms with Crippen LogP contribution in [0.25, 0.3) is 0 Å². The SMILES string of the molecule is Cc1ccc(C(=O)Nc2ccc(S(=O)(=O)N3CCCCC3)cc2)c(I)c1. The highest BCUT2D eigenvalue weighted by Gasteiger charge is 2.25. The van der Waals surface area contributed by atoms with E-state index >= 15 is 0 Å². The summed E-state index contributed by atoms with van der Waals surface area (Å²) < 4.78 is 27.7. The van der Waals surface area contributed by atoms with E-state index in [2.05, 4.69) is 27.9 Å². The van der Waals surface area contributed by atoms with Crippen molar-refractivity contribution in [2.75, 3.05) is 18.4 Å². The molecule has 0 radical (unpaired) electrons. The average Bonchev–Trinajstić information content (AvgIpc) is 2.63. The van der Waals surface area contributed by atoms with Gasteiger partial charge in [-0.1, -0.05) is 18.1 Å². The molecule has 1 N–H and O–H groups in total. The van der Waals surface area contributed by atoms with Gasteiger partial charge in [-0.05, 0) is 78.8 Å². The lowest BCUT2D eigenvalue weighted by atomic mass is 10.1. The number of piperidine rings is 1. The molecule has 0 aromatic heterocycles. The fourth-order valence-electron chi connectivity index (χ4n) is 2.97. The smallest absolute Gasteiger partial charge is 0.256 e. The monoisotopic (exact) mass is 484 g/mol. The third-order valence-electron chi connectivity index (χ3n) is 4.43. The molecule has 26 heavy (non-hydrogen) atoms. The van der Waals surface area contributed by atoms with Crippen LogP contribution in [-0.4, -0.2) is 31.7 Å². The minimum atomic E-state index is -3.45. The van der Waals surface area contributed by atoms with E-state index in [1.54, 1.807) is 34.6 Å². The van der Waals surface area contributed by atoms with E-state index in [1.807, 2.05) is 19.1 Å². The van der Waals surface area contributed by atoms with Gasteiger partial charge in [0, 0.05) is 22.3 Å². The summed E-state index contributed by atoms with van der Waals surface area (Å²) in [5, 5.41) is 2.82. The molecule has 1 aliphatic rings. The number of halogens is 1. The lowest BCUT2D eigenvalue weighted by Crippen LogP contribution is -2.35. The van der Waals surface area contributed by atoms with Gasteiger partial charge < -0.3 is 5.32 Å². The van der Waals surface area contributed by atoms with Crippen molar-refractivity contribution in [1.82, 2.24) is 4.31 Å². The van der Waals surface area contributed by atoms with Crippen molar-refractivity contribution < 1.29 is 13.2 Å². The molecule has 0 saturated carbocycles. The highest BCUT2D eigenvalue weighted by atomic mass is 127. The summed E-state index contributed by atoms with van der Waals surface area (Å²) >= 11 is 2.14. The zero-order chi connectivity index (χ0) is 18.7. The Morgan fingerprint density at radius 1 is 1.04 bits per heavy atom. The predicted molar refractivity (Wildman–Crippen MR) is 111 cm³/mol. The third kappa shape index (κ3) is 4.27. The maximum absolute atomic E-state index is 12.7. The number of amides is 1. The van der Waals surface area contributed by atoms with Crippen LogP contribution in [0, 0.1) is 10.5 Å². The Morgan fingerprint density at radius 2 is 1.69 bits per heavy atom. The van der Waals surface area contributed by atoms with Gasteiger partial charge >= 0.3 is 0 Å². The minimum absolute atomic E-state index is 0.207. The van der Waals surface area contributed by atoms with Gasteiger partial charge in [-0.25, -0.2) is 8.42 Å². The predicted octanol–water partition coefficient (Wildman–Crippen LogP) is 4.03. The second-order valence-corrected chi connectivity index (χ2v) is 9.53. The molecule has 0 bridgehead atoms. The number of nitrogens with one attached hydrogen (secondary N) is 1. The Kier molecular flexibility index (Phi) is 5.99. The van der Waals surface area contributed by atoms with Gasteiger partial charge in [-0.15, -0.1) is 0 Å². The first kappa shape index (κ1) is 19.3. The Morgan fingerprint density at radius 3 is 2.31 bits per heavy atom. The van der Waals surface area contributed by atoms with E-state index in [4.69, 9.17) is 0 Å². The van der Waals surface area contributed by atoms with Gasteiger partial charge in [0.15, 0.2) is 0 Å². The van der Waals surface area contributed by atoms with Gasteiger partial charge in [0.2, 0.25) is 10.0 Å². The number of hydrogen-bond acceptors (Lipinski definition) is 3. The van der Waals surface area contributed by atoms with Crippen LogP contribution in [0.2, 0.25) is 0 Å². The first-order valence-corrected chi connectivity index (χ1v) is 11.1. The van der Waals surface area contributed by atoms with E-state index < -0.39 is 10.0 Å². The molecule has 0 spiro atoms. The molecule has 1 aliphatic heterocycles. The van der Waals surface area contributed by atoms with Crippen LogP contribution in [0.3, 0.4) is 0 Å². The fraction of sp³-hybridized carbons (Fsp3) is 0.316. The molecule has 5 nitrogen and oxygen atoms in total. The minimum Gasteiger partial charge on any atom is -0.322 e. The number of hydrogen-bond donors (Lipinski definition) is 1. The molecule has 1 heterocycles. The molecule has 2 aromatic carbocycles. The van der Waals surface area contributed by atoms with Gasteiger partial charge in [-0.3, -0.25) is 4.79 Å². The number of carbonyl (C=O) groups excluding carboxylic acids is 1. The van der Waals surface area contributed by atoms with E-state index in [0.717, 1.165) is 28.4 Å². The number of anilines is 1. The third-order valence-corrected chi connectivity index (χ3v) is 7.24. The number of rotatable bonds is 4. The van der Waals surface area contributed by atoms with Crippen LogP contribution >= 0.6 is 22.6 Å². The maximum Gasteiger partial charge on any atom is 0.256 e. The van der Waals surface area contributed by atoms with Crippen LogP contribution in [0.4, 0.5) is 5.69 Å². The Labute approximate surface area is 168 Å². The van der Waals surface area contributed by atoms with E-state index in [-0.39, 0.29) is 10.8 Å². The van der Waals surface area contributed by atoms with Crippen LogP contribution in [0.5, 0.6) is 0 Å². The van der Waals surface area contributed by atoms with Crippen molar-refractivity contribution in [3.8, 4) is 0 Å². The summed E-state index contributed by atoms with van der Waals surface area (Å²) in [5.74, 6) is -0.207. The fourth-order valence-corrected chi connectivity index (χ4v) is 5.40.